The Morgan fingerprint density at radius 2 is 2.17 bits per heavy atom. The van der Waals surface area contributed by atoms with E-state index < -0.39 is 0 Å². The Kier molecular flexibility index (Phi) is 4.67. The molecular formula is C21H21ClN4O2S. The first-order valence-corrected chi connectivity index (χ1v) is 11.1. The molecule has 1 saturated heterocycles. The van der Waals surface area contributed by atoms with Crippen molar-refractivity contribution in [3.63, 3.8) is 0 Å². The molecule has 1 amide bonds. The van der Waals surface area contributed by atoms with Crippen LogP contribution in [-0.4, -0.2) is 40.8 Å². The molecule has 0 radical (unpaired) electrons. The molecule has 0 bridgehead atoms. The highest BCUT2D eigenvalue weighted by Crippen LogP contribution is 2.49. The molecule has 29 heavy (non-hydrogen) atoms. The maximum absolute atomic E-state index is 12.5. The summed E-state index contributed by atoms with van der Waals surface area (Å²) in [4.78, 5) is 23.5. The summed E-state index contributed by atoms with van der Waals surface area (Å²) in [6, 6.07) is 9.99. The fourth-order valence-corrected chi connectivity index (χ4v) is 5.12. The quantitative estimate of drug-likeness (QED) is 0.608. The maximum atomic E-state index is 12.5. The highest BCUT2D eigenvalue weighted by atomic mass is 35.5. The monoisotopic (exact) mass is 428 g/mol. The standard InChI is InChI=1S/C21H21ClN4O2S/c1-2-29-18-7-13(5-6-23-18)19(27)24-15-9-21(10-15)11-26(12-21)20-25-16-8-14(22)3-4-17(16)28-20/h3-8,15H,2,9-12H2,1H3,(H,24,27). The van der Waals surface area contributed by atoms with Gasteiger partial charge in [-0.2, -0.15) is 4.98 Å². The minimum atomic E-state index is -0.0165. The lowest BCUT2D eigenvalue weighted by Gasteiger charge is -2.58. The Balaban J connectivity index is 1.15. The minimum absolute atomic E-state index is 0.0165. The van der Waals surface area contributed by atoms with Crippen molar-refractivity contribution in [1.29, 1.82) is 0 Å². The van der Waals surface area contributed by atoms with Crippen molar-refractivity contribution in [2.24, 2.45) is 5.41 Å². The zero-order valence-corrected chi connectivity index (χ0v) is 17.6. The molecule has 8 heteroatoms. The van der Waals surface area contributed by atoms with Gasteiger partial charge in [0, 0.05) is 41.3 Å². The number of oxazole rings is 1. The van der Waals surface area contributed by atoms with Crippen LogP contribution in [0.5, 0.6) is 0 Å². The van der Waals surface area contributed by atoms with Crippen LogP contribution in [0.15, 0.2) is 46.0 Å². The Morgan fingerprint density at radius 1 is 1.34 bits per heavy atom. The van der Waals surface area contributed by atoms with Crippen LogP contribution < -0.4 is 10.2 Å². The first-order chi connectivity index (χ1) is 14.0. The highest BCUT2D eigenvalue weighted by Gasteiger charge is 2.53. The number of hydrogen-bond donors (Lipinski definition) is 1. The van der Waals surface area contributed by atoms with Gasteiger partial charge in [-0.25, -0.2) is 4.98 Å². The Hall–Kier alpha value is -2.25. The zero-order valence-electron chi connectivity index (χ0n) is 16.0. The molecule has 2 aliphatic rings. The average Bonchev–Trinajstić information content (AvgIpc) is 3.05. The van der Waals surface area contributed by atoms with Crippen molar-refractivity contribution >= 4 is 46.4 Å². The lowest BCUT2D eigenvalue weighted by atomic mass is 9.60. The molecular weight excluding hydrogens is 408 g/mol. The Bertz CT molecular complexity index is 1070. The van der Waals surface area contributed by atoms with Crippen LogP contribution in [0.3, 0.4) is 0 Å². The highest BCUT2D eigenvalue weighted by molar-refractivity contribution is 7.99. The summed E-state index contributed by atoms with van der Waals surface area (Å²) in [6.07, 6.45) is 3.68. The zero-order chi connectivity index (χ0) is 20.0. The number of carbonyl (C=O) groups is 1. The van der Waals surface area contributed by atoms with Crippen molar-refractivity contribution in [2.45, 2.75) is 30.8 Å². The average molecular weight is 429 g/mol. The van der Waals surface area contributed by atoms with Gasteiger partial charge in [-0.3, -0.25) is 4.79 Å². The number of halogens is 1. The summed E-state index contributed by atoms with van der Waals surface area (Å²) in [5.74, 6) is 0.921. The van der Waals surface area contributed by atoms with Crippen molar-refractivity contribution in [1.82, 2.24) is 15.3 Å². The van der Waals surface area contributed by atoms with E-state index in [4.69, 9.17) is 16.0 Å². The van der Waals surface area contributed by atoms with Gasteiger partial charge in [-0.15, -0.1) is 11.8 Å². The van der Waals surface area contributed by atoms with Gasteiger partial charge in [-0.05, 0) is 48.9 Å². The minimum Gasteiger partial charge on any atom is -0.423 e. The van der Waals surface area contributed by atoms with Crippen LogP contribution >= 0.6 is 23.4 Å². The number of hydrogen-bond acceptors (Lipinski definition) is 6. The number of anilines is 1. The number of rotatable bonds is 5. The molecule has 5 rings (SSSR count). The van der Waals surface area contributed by atoms with Gasteiger partial charge >= 0.3 is 0 Å². The summed E-state index contributed by atoms with van der Waals surface area (Å²) in [5, 5.41) is 4.70. The summed E-state index contributed by atoms with van der Waals surface area (Å²) >= 11 is 7.66. The molecule has 3 aromatic rings. The van der Waals surface area contributed by atoms with Gasteiger partial charge in [0.05, 0.1) is 5.03 Å². The van der Waals surface area contributed by atoms with E-state index in [1.807, 2.05) is 24.3 Å². The van der Waals surface area contributed by atoms with E-state index >= 15 is 0 Å². The van der Waals surface area contributed by atoms with Gasteiger partial charge in [-0.1, -0.05) is 18.5 Å². The summed E-state index contributed by atoms with van der Waals surface area (Å²) < 4.78 is 5.85. The third-order valence-electron chi connectivity index (χ3n) is 5.64. The first kappa shape index (κ1) is 18.8. The number of pyridine rings is 1. The number of nitrogens with zero attached hydrogens (tertiary/aromatic N) is 3. The second kappa shape index (κ2) is 7.22. The second-order valence-corrected chi connectivity index (χ2v) is 9.58. The SMILES string of the molecule is CCSc1cc(C(=O)NC2CC3(C2)CN(c2nc4cc(Cl)ccc4o2)C3)ccn1. The van der Waals surface area contributed by atoms with Crippen LogP contribution in [0.25, 0.3) is 11.1 Å². The molecule has 0 atom stereocenters. The predicted molar refractivity (Wildman–Crippen MR) is 115 cm³/mol. The largest absolute Gasteiger partial charge is 0.423 e. The van der Waals surface area contributed by atoms with Crippen LogP contribution in [0.4, 0.5) is 6.01 Å². The lowest BCUT2D eigenvalue weighted by molar-refractivity contribution is 0.0414. The van der Waals surface area contributed by atoms with E-state index in [-0.39, 0.29) is 17.4 Å². The van der Waals surface area contributed by atoms with Gasteiger partial charge in [0.1, 0.15) is 5.52 Å². The van der Waals surface area contributed by atoms with Crippen LogP contribution in [0.2, 0.25) is 5.02 Å². The fraction of sp³-hybridized carbons (Fsp3) is 0.381. The van der Waals surface area contributed by atoms with E-state index in [9.17, 15) is 4.79 Å². The molecule has 2 fully saturated rings. The third kappa shape index (κ3) is 3.57. The predicted octanol–water partition coefficient (Wildman–Crippen LogP) is 4.39. The normalized spacial score (nSPS) is 17.9. The van der Waals surface area contributed by atoms with Crippen molar-refractivity contribution in [2.75, 3.05) is 23.7 Å². The molecule has 0 unspecified atom stereocenters. The number of carbonyl (C=O) groups excluding carboxylic acids is 1. The molecule has 1 N–H and O–H groups in total. The Labute approximate surface area is 178 Å². The van der Waals surface area contributed by atoms with Gasteiger partial charge in [0.25, 0.3) is 11.9 Å². The number of thioether (sulfide) groups is 1. The molecule has 150 valence electrons. The summed E-state index contributed by atoms with van der Waals surface area (Å²) in [7, 11) is 0. The molecule has 1 saturated carbocycles. The second-order valence-electron chi connectivity index (χ2n) is 7.86. The number of benzene rings is 1. The van der Waals surface area contributed by atoms with E-state index in [2.05, 4.69) is 27.1 Å². The number of amides is 1. The number of aromatic nitrogens is 2. The van der Waals surface area contributed by atoms with Gasteiger partial charge in [0.15, 0.2) is 5.58 Å². The third-order valence-corrected chi connectivity index (χ3v) is 6.69. The lowest BCUT2D eigenvalue weighted by Crippen LogP contribution is -2.66. The van der Waals surface area contributed by atoms with Crippen molar-refractivity contribution in [3.05, 3.63) is 47.1 Å². The van der Waals surface area contributed by atoms with Crippen molar-refractivity contribution in [3.8, 4) is 0 Å². The molecule has 3 heterocycles. The van der Waals surface area contributed by atoms with Gasteiger partial charge in [0.2, 0.25) is 0 Å². The summed E-state index contributed by atoms with van der Waals surface area (Å²) in [6.45, 7) is 3.89. The smallest absolute Gasteiger partial charge is 0.298 e. The summed E-state index contributed by atoms with van der Waals surface area (Å²) in [5.41, 5.74) is 2.47. The van der Waals surface area contributed by atoms with E-state index in [1.54, 1.807) is 24.0 Å². The van der Waals surface area contributed by atoms with Crippen molar-refractivity contribution < 1.29 is 9.21 Å². The van der Waals surface area contributed by atoms with Crippen LogP contribution in [0.1, 0.15) is 30.1 Å². The molecule has 1 aliphatic carbocycles. The number of nitrogens with one attached hydrogen (secondary N) is 1. The molecule has 1 aliphatic heterocycles. The molecule has 2 aromatic heterocycles. The molecule has 1 aromatic carbocycles. The Morgan fingerprint density at radius 3 is 2.97 bits per heavy atom. The fourth-order valence-electron chi connectivity index (χ4n) is 4.31. The first-order valence-electron chi connectivity index (χ1n) is 9.74. The molecule has 6 nitrogen and oxygen atoms in total. The van der Waals surface area contributed by atoms with E-state index in [0.29, 0.717) is 16.6 Å². The van der Waals surface area contributed by atoms with Crippen LogP contribution in [-0.2, 0) is 0 Å². The van der Waals surface area contributed by atoms with E-state index in [0.717, 1.165) is 47.8 Å². The topological polar surface area (TPSA) is 71.3 Å². The molecule has 1 spiro atoms. The van der Waals surface area contributed by atoms with Crippen LogP contribution in [0, 0.1) is 5.41 Å². The van der Waals surface area contributed by atoms with E-state index in [1.165, 1.54) is 0 Å². The maximum Gasteiger partial charge on any atom is 0.298 e. The number of fused-ring (bicyclic) bond motifs is 1. The van der Waals surface area contributed by atoms with Gasteiger partial charge < -0.3 is 14.6 Å².